The minimum Gasteiger partial charge on any atom is -0.0712 e. The zero-order valence-electron chi connectivity index (χ0n) is 3.98. The van der Waals surface area contributed by atoms with Crippen LogP contribution in [0, 0.1) is 4.91 Å². The van der Waals surface area contributed by atoms with Crippen molar-refractivity contribution in [2.75, 3.05) is 0 Å². The van der Waals surface area contributed by atoms with E-state index in [-0.39, 0.29) is 5.95 Å². The summed E-state index contributed by atoms with van der Waals surface area (Å²) in [5.41, 5.74) is 0. The highest BCUT2D eigenvalue weighted by Gasteiger charge is 2.01. The standard InChI is InChI=1S/C4H3N3O/c8-7-4-5-2-1-3-6-4/h1-3H/q+1. The van der Waals surface area contributed by atoms with E-state index in [0.29, 0.717) is 0 Å². The van der Waals surface area contributed by atoms with Crippen molar-refractivity contribution in [1.29, 1.82) is 0 Å². The molecule has 1 rings (SSSR count). The zero-order valence-corrected chi connectivity index (χ0v) is 3.98. The summed E-state index contributed by atoms with van der Waals surface area (Å²) in [4.78, 5) is 16.6. The van der Waals surface area contributed by atoms with Gasteiger partial charge in [-0.05, 0) is 0 Å². The van der Waals surface area contributed by atoms with Crippen LogP contribution in [0.1, 0.15) is 0 Å². The lowest BCUT2D eigenvalue weighted by atomic mass is 10.7. The average molecular weight is 109 g/mol. The fourth-order valence-corrected chi connectivity index (χ4v) is 0.338. The summed E-state index contributed by atoms with van der Waals surface area (Å²) >= 11 is 0. The van der Waals surface area contributed by atoms with E-state index in [4.69, 9.17) is 0 Å². The number of nitroso groups, excluding NO2 is 1. The molecule has 1 aromatic rings. The molecule has 0 bridgehead atoms. The molecule has 0 fully saturated rings. The summed E-state index contributed by atoms with van der Waals surface area (Å²) in [5.74, 6) is -0.0208. The van der Waals surface area contributed by atoms with Crippen LogP contribution in [0.5, 0.6) is 0 Å². The van der Waals surface area contributed by atoms with Gasteiger partial charge < -0.3 is 0 Å². The molecule has 8 heavy (non-hydrogen) atoms. The molecule has 1 heterocycles. The van der Waals surface area contributed by atoms with Gasteiger partial charge in [-0.2, -0.15) is 0 Å². The number of hydrogen-bond donors (Lipinski definition) is 0. The largest absolute Gasteiger partial charge is 0.509 e. The summed E-state index contributed by atoms with van der Waals surface area (Å²) < 4.78 is 0. The van der Waals surface area contributed by atoms with E-state index in [0.717, 1.165) is 0 Å². The molecule has 4 heteroatoms. The van der Waals surface area contributed by atoms with Crippen LogP contribution >= 0.6 is 0 Å². The molecule has 0 aliphatic rings. The number of rotatable bonds is 1. The first kappa shape index (κ1) is 4.83. The Balaban J connectivity index is 2.99. The minimum atomic E-state index is -0.0208. The molecule has 1 radical (unpaired) electrons. The Kier molecular flexibility index (Phi) is 1.27. The van der Waals surface area contributed by atoms with Crippen molar-refractivity contribution in [3.63, 3.8) is 0 Å². The first-order valence-electron chi connectivity index (χ1n) is 2.04. The highest BCUT2D eigenvalue weighted by Crippen LogP contribution is 1.86. The Hall–Kier alpha value is -1.32. The molecule has 0 aliphatic heterocycles. The Morgan fingerprint density at radius 1 is 1.38 bits per heavy atom. The van der Waals surface area contributed by atoms with Crippen LogP contribution in [0.2, 0.25) is 0 Å². The predicted octanol–water partition coefficient (Wildman–Crippen LogP) is 0.210. The smallest absolute Gasteiger partial charge is 0.0712 e. The van der Waals surface area contributed by atoms with Crippen molar-refractivity contribution in [1.82, 2.24) is 15.1 Å². The maximum Gasteiger partial charge on any atom is 0.509 e. The first-order chi connectivity index (χ1) is 3.93. The van der Waals surface area contributed by atoms with Gasteiger partial charge in [0.2, 0.25) is 0 Å². The summed E-state index contributed by atoms with van der Waals surface area (Å²) in [6.45, 7) is 0. The lowest BCUT2D eigenvalue weighted by Gasteiger charge is -1.65. The highest BCUT2D eigenvalue weighted by molar-refractivity contribution is 5.07. The molecule has 0 saturated heterocycles. The Bertz CT molecular complexity index is 174. The topological polar surface area (TPSA) is 57.0 Å². The maximum atomic E-state index is 9.63. The second kappa shape index (κ2) is 2.11. The zero-order chi connectivity index (χ0) is 5.82. The molecule has 0 saturated carbocycles. The van der Waals surface area contributed by atoms with Crippen LogP contribution in [0.25, 0.3) is 0 Å². The van der Waals surface area contributed by atoms with E-state index in [1.54, 1.807) is 6.07 Å². The van der Waals surface area contributed by atoms with Gasteiger partial charge >= 0.3 is 5.95 Å². The summed E-state index contributed by atoms with van der Waals surface area (Å²) in [6.07, 6.45) is 2.92. The summed E-state index contributed by atoms with van der Waals surface area (Å²) in [5, 5.41) is 2.50. The highest BCUT2D eigenvalue weighted by atomic mass is 16.3. The average Bonchev–Trinajstić information content (AvgIpc) is 1.90. The molecule has 0 aromatic carbocycles. The molecule has 0 spiro atoms. The fourth-order valence-electron chi connectivity index (χ4n) is 0.338. The van der Waals surface area contributed by atoms with Crippen LogP contribution in [-0.2, 0) is 0 Å². The third kappa shape index (κ3) is 0.841. The summed E-state index contributed by atoms with van der Waals surface area (Å²) in [7, 11) is 0. The Labute approximate surface area is 45.6 Å². The van der Waals surface area contributed by atoms with E-state index < -0.39 is 0 Å². The van der Waals surface area contributed by atoms with Crippen LogP contribution < -0.4 is 5.18 Å². The lowest BCUT2D eigenvalue weighted by Crippen LogP contribution is -1.82. The molecule has 0 N–H and O–H groups in total. The third-order valence-corrected chi connectivity index (χ3v) is 0.634. The van der Waals surface area contributed by atoms with Gasteiger partial charge in [-0.25, -0.2) is 0 Å². The van der Waals surface area contributed by atoms with Crippen LogP contribution in [0.4, 0.5) is 5.95 Å². The van der Waals surface area contributed by atoms with Crippen molar-refractivity contribution in [3.8, 4) is 0 Å². The predicted molar refractivity (Wildman–Crippen MR) is 27.2 cm³/mol. The third-order valence-electron chi connectivity index (χ3n) is 0.634. The van der Waals surface area contributed by atoms with Crippen molar-refractivity contribution in [3.05, 3.63) is 23.4 Å². The van der Waals surface area contributed by atoms with E-state index in [1.165, 1.54) is 12.4 Å². The molecular weight excluding hydrogens is 106 g/mol. The van der Waals surface area contributed by atoms with E-state index >= 15 is 0 Å². The second-order valence-corrected chi connectivity index (χ2v) is 1.14. The van der Waals surface area contributed by atoms with E-state index in [9.17, 15) is 4.91 Å². The molecule has 1 aromatic heterocycles. The molecule has 4 nitrogen and oxygen atoms in total. The maximum absolute atomic E-state index is 9.63. The van der Waals surface area contributed by atoms with Crippen LogP contribution in [-0.4, -0.2) is 9.97 Å². The van der Waals surface area contributed by atoms with Gasteiger partial charge in [-0.3, -0.25) is 0 Å². The van der Waals surface area contributed by atoms with Gasteiger partial charge in [-0.15, -0.1) is 0 Å². The van der Waals surface area contributed by atoms with Gasteiger partial charge in [0.15, 0.2) is 5.18 Å². The number of nitrogens with zero attached hydrogens (tertiary/aromatic N) is 3. The summed E-state index contributed by atoms with van der Waals surface area (Å²) in [6, 6.07) is 1.62. The number of hydrogen-bond acceptors (Lipinski definition) is 4. The van der Waals surface area contributed by atoms with Gasteiger partial charge in [0.05, 0.1) is 0 Å². The molecule has 0 aliphatic carbocycles. The molecular formula is C4H3N3O+. The molecule has 39 valence electrons. The fraction of sp³-hybridized carbons (Fsp3) is 0. The normalized spacial score (nSPS) is 8.50. The van der Waals surface area contributed by atoms with Gasteiger partial charge in [0, 0.05) is 6.07 Å². The van der Waals surface area contributed by atoms with E-state index in [1.807, 2.05) is 0 Å². The van der Waals surface area contributed by atoms with Gasteiger partial charge in [0.25, 0.3) is 0 Å². The minimum absolute atomic E-state index is 0.0208. The first-order valence-corrected chi connectivity index (χ1v) is 2.04. The number of aromatic nitrogens is 2. The van der Waals surface area contributed by atoms with Gasteiger partial charge in [-0.1, -0.05) is 14.9 Å². The quantitative estimate of drug-likeness (QED) is 0.518. The molecule has 0 unspecified atom stereocenters. The molecule has 0 atom stereocenters. The monoisotopic (exact) mass is 109 g/mol. The second-order valence-electron chi connectivity index (χ2n) is 1.14. The van der Waals surface area contributed by atoms with E-state index in [2.05, 4.69) is 15.1 Å². The molecule has 0 amide bonds. The SMILES string of the molecule is O=[N+]c1ncccn1. The van der Waals surface area contributed by atoms with Crippen molar-refractivity contribution in [2.24, 2.45) is 0 Å². The van der Waals surface area contributed by atoms with Crippen LogP contribution in [0.3, 0.4) is 0 Å². The Morgan fingerprint density at radius 3 is 2.38 bits per heavy atom. The van der Waals surface area contributed by atoms with Crippen molar-refractivity contribution < 1.29 is 0 Å². The van der Waals surface area contributed by atoms with Crippen molar-refractivity contribution >= 4 is 5.95 Å². The lowest BCUT2D eigenvalue weighted by molar-refractivity contribution is 1.07. The van der Waals surface area contributed by atoms with Crippen molar-refractivity contribution in [2.45, 2.75) is 0 Å². The van der Waals surface area contributed by atoms with Gasteiger partial charge in [0.1, 0.15) is 12.4 Å². The van der Waals surface area contributed by atoms with Crippen LogP contribution in [0.15, 0.2) is 18.5 Å². The Morgan fingerprint density at radius 2 is 2.00 bits per heavy atom.